The van der Waals surface area contributed by atoms with Crippen molar-refractivity contribution in [2.75, 3.05) is 13.1 Å². The molecular weight excluding hydrogens is 190 g/mol. The summed E-state index contributed by atoms with van der Waals surface area (Å²) in [5.41, 5.74) is 0. The number of nitrogens with zero attached hydrogens (tertiary/aromatic N) is 1. The highest BCUT2D eigenvalue weighted by molar-refractivity contribution is 5.91. The SMILES string of the molecule is Cc1ccc(C(=O)N2CCCC(C)C2)o1. The van der Waals surface area contributed by atoms with Crippen LogP contribution < -0.4 is 0 Å². The monoisotopic (exact) mass is 207 g/mol. The number of piperidine rings is 1. The van der Waals surface area contributed by atoms with Crippen LogP contribution in [0.2, 0.25) is 0 Å². The molecule has 3 heteroatoms. The first kappa shape index (κ1) is 10.3. The topological polar surface area (TPSA) is 33.5 Å². The summed E-state index contributed by atoms with van der Waals surface area (Å²) < 4.78 is 5.34. The number of hydrogen-bond acceptors (Lipinski definition) is 2. The van der Waals surface area contributed by atoms with Gasteiger partial charge in [0.1, 0.15) is 5.76 Å². The Morgan fingerprint density at radius 1 is 1.53 bits per heavy atom. The molecule has 1 atom stereocenters. The summed E-state index contributed by atoms with van der Waals surface area (Å²) in [6.45, 7) is 5.77. The van der Waals surface area contributed by atoms with E-state index >= 15 is 0 Å². The lowest BCUT2D eigenvalue weighted by Crippen LogP contribution is -2.38. The van der Waals surface area contributed by atoms with Gasteiger partial charge in [0, 0.05) is 13.1 Å². The molecule has 82 valence electrons. The molecule has 0 aliphatic carbocycles. The largest absolute Gasteiger partial charge is 0.456 e. The van der Waals surface area contributed by atoms with Gasteiger partial charge in [-0.2, -0.15) is 0 Å². The molecule has 1 aromatic heterocycles. The van der Waals surface area contributed by atoms with Gasteiger partial charge in [-0.1, -0.05) is 6.92 Å². The maximum Gasteiger partial charge on any atom is 0.289 e. The summed E-state index contributed by atoms with van der Waals surface area (Å²) in [6.07, 6.45) is 2.33. The van der Waals surface area contributed by atoms with Crippen molar-refractivity contribution in [1.29, 1.82) is 0 Å². The first-order valence-corrected chi connectivity index (χ1v) is 5.52. The van der Waals surface area contributed by atoms with E-state index in [1.807, 2.05) is 17.9 Å². The van der Waals surface area contributed by atoms with Gasteiger partial charge < -0.3 is 9.32 Å². The van der Waals surface area contributed by atoms with Crippen molar-refractivity contribution in [3.63, 3.8) is 0 Å². The minimum atomic E-state index is 0.0367. The van der Waals surface area contributed by atoms with E-state index in [9.17, 15) is 4.79 Å². The fourth-order valence-corrected chi connectivity index (χ4v) is 2.08. The maximum absolute atomic E-state index is 12.0. The molecule has 0 bridgehead atoms. The second-order valence-electron chi connectivity index (χ2n) is 4.41. The van der Waals surface area contributed by atoms with Crippen molar-refractivity contribution >= 4 is 5.91 Å². The van der Waals surface area contributed by atoms with Crippen LogP contribution in [0.1, 0.15) is 36.1 Å². The molecule has 0 saturated carbocycles. The Morgan fingerprint density at radius 3 is 2.93 bits per heavy atom. The number of carbonyl (C=O) groups is 1. The third-order valence-corrected chi connectivity index (χ3v) is 2.90. The molecule has 15 heavy (non-hydrogen) atoms. The molecule has 2 heterocycles. The van der Waals surface area contributed by atoms with E-state index in [1.165, 1.54) is 6.42 Å². The Labute approximate surface area is 90.1 Å². The minimum absolute atomic E-state index is 0.0367. The normalized spacial score (nSPS) is 21.7. The van der Waals surface area contributed by atoms with Crippen molar-refractivity contribution in [3.05, 3.63) is 23.7 Å². The first-order chi connectivity index (χ1) is 7.16. The summed E-state index contributed by atoms with van der Waals surface area (Å²) in [5, 5.41) is 0. The Kier molecular flexibility index (Phi) is 2.80. The molecule has 1 aromatic rings. The lowest BCUT2D eigenvalue weighted by Gasteiger charge is -2.30. The third kappa shape index (κ3) is 2.22. The van der Waals surface area contributed by atoms with E-state index < -0.39 is 0 Å². The number of amides is 1. The third-order valence-electron chi connectivity index (χ3n) is 2.90. The highest BCUT2D eigenvalue weighted by atomic mass is 16.3. The molecule has 3 nitrogen and oxygen atoms in total. The van der Waals surface area contributed by atoms with Gasteiger partial charge in [-0.25, -0.2) is 0 Å². The fourth-order valence-electron chi connectivity index (χ4n) is 2.08. The van der Waals surface area contributed by atoms with Gasteiger partial charge >= 0.3 is 0 Å². The molecule has 1 amide bonds. The van der Waals surface area contributed by atoms with Gasteiger partial charge in [-0.3, -0.25) is 4.79 Å². The minimum Gasteiger partial charge on any atom is -0.456 e. The standard InChI is InChI=1S/C12H17NO2/c1-9-4-3-7-13(8-9)12(14)11-6-5-10(2)15-11/h5-6,9H,3-4,7-8H2,1-2H3. The average Bonchev–Trinajstić information content (AvgIpc) is 2.64. The highest BCUT2D eigenvalue weighted by Gasteiger charge is 2.23. The van der Waals surface area contributed by atoms with Gasteiger partial charge in [-0.15, -0.1) is 0 Å². The molecule has 1 unspecified atom stereocenters. The summed E-state index contributed by atoms with van der Waals surface area (Å²) >= 11 is 0. The van der Waals surface area contributed by atoms with Gasteiger partial charge in [0.15, 0.2) is 5.76 Å². The average molecular weight is 207 g/mol. The highest BCUT2D eigenvalue weighted by Crippen LogP contribution is 2.18. The number of rotatable bonds is 1. The number of hydrogen-bond donors (Lipinski definition) is 0. The Morgan fingerprint density at radius 2 is 2.33 bits per heavy atom. The predicted molar refractivity (Wildman–Crippen MR) is 57.7 cm³/mol. The number of likely N-dealkylation sites (tertiary alicyclic amines) is 1. The molecule has 0 N–H and O–H groups in total. The van der Waals surface area contributed by atoms with E-state index in [0.29, 0.717) is 11.7 Å². The fraction of sp³-hybridized carbons (Fsp3) is 0.583. The van der Waals surface area contributed by atoms with Gasteiger partial charge in [-0.05, 0) is 37.8 Å². The zero-order valence-electron chi connectivity index (χ0n) is 9.32. The smallest absolute Gasteiger partial charge is 0.289 e. The molecular formula is C12H17NO2. The van der Waals surface area contributed by atoms with Crippen molar-refractivity contribution in [1.82, 2.24) is 4.90 Å². The molecule has 0 radical (unpaired) electrons. The zero-order chi connectivity index (χ0) is 10.8. The van der Waals surface area contributed by atoms with Crippen LogP contribution in [0, 0.1) is 12.8 Å². The molecule has 0 spiro atoms. The van der Waals surface area contributed by atoms with E-state index in [4.69, 9.17) is 4.42 Å². The van der Waals surface area contributed by atoms with Crippen LogP contribution in [0.5, 0.6) is 0 Å². The molecule has 1 saturated heterocycles. The van der Waals surface area contributed by atoms with Crippen LogP contribution in [0.25, 0.3) is 0 Å². The summed E-state index contributed by atoms with van der Waals surface area (Å²) in [6, 6.07) is 3.59. The quantitative estimate of drug-likeness (QED) is 0.708. The second-order valence-corrected chi connectivity index (χ2v) is 4.41. The maximum atomic E-state index is 12.0. The molecule has 1 aliphatic heterocycles. The van der Waals surface area contributed by atoms with Crippen LogP contribution in [-0.4, -0.2) is 23.9 Å². The molecule has 1 fully saturated rings. The zero-order valence-corrected chi connectivity index (χ0v) is 9.32. The molecule has 0 aromatic carbocycles. The first-order valence-electron chi connectivity index (χ1n) is 5.52. The molecule has 2 rings (SSSR count). The molecule has 1 aliphatic rings. The van der Waals surface area contributed by atoms with E-state index in [2.05, 4.69) is 6.92 Å². The lowest BCUT2D eigenvalue weighted by molar-refractivity contribution is 0.0649. The summed E-state index contributed by atoms with van der Waals surface area (Å²) in [7, 11) is 0. The van der Waals surface area contributed by atoms with Crippen molar-refractivity contribution in [3.8, 4) is 0 Å². The predicted octanol–water partition coefficient (Wildman–Crippen LogP) is 2.46. The van der Waals surface area contributed by atoms with Crippen LogP contribution in [0.3, 0.4) is 0 Å². The van der Waals surface area contributed by atoms with E-state index in [-0.39, 0.29) is 5.91 Å². The Bertz CT molecular complexity index is 356. The van der Waals surface area contributed by atoms with Crippen molar-refractivity contribution in [2.45, 2.75) is 26.7 Å². The lowest BCUT2D eigenvalue weighted by atomic mass is 10.0. The Balaban J connectivity index is 2.07. The van der Waals surface area contributed by atoms with Gasteiger partial charge in [0.05, 0.1) is 0 Å². The van der Waals surface area contributed by atoms with Crippen LogP contribution in [0.4, 0.5) is 0 Å². The van der Waals surface area contributed by atoms with Gasteiger partial charge in [0.2, 0.25) is 0 Å². The summed E-state index contributed by atoms with van der Waals surface area (Å²) in [4.78, 5) is 13.9. The van der Waals surface area contributed by atoms with Crippen LogP contribution in [0.15, 0.2) is 16.5 Å². The second kappa shape index (κ2) is 4.09. The number of furan rings is 1. The van der Waals surface area contributed by atoms with E-state index in [0.717, 1.165) is 25.3 Å². The van der Waals surface area contributed by atoms with Crippen LogP contribution in [-0.2, 0) is 0 Å². The van der Waals surface area contributed by atoms with Crippen molar-refractivity contribution < 1.29 is 9.21 Å². The summed E-state index contributed by atoms with van der Waals surface area (Å²) in [5.74, 6) is 1.92. The van der Waals surface area contributed by atoms with Gasteiger partial charge in [0.25, 0.3) is 5.91 Å². The number of aryl methyl sites for hydroxylation is 1. The number of carbonyl (C=O) groups excluding carboxylic acids is 1. The Hall–Kier alpha value is -1.25. The van der Waals surface area contributed by atoms with E-state index in [1.54, 1.807) is 6.07 Å². The van der Waals surface area contributed by atoms with Crippen LogP contribution >= 0.6 is 0 Å². The van der Waals surface area contributed by atoms with Crippen molar-refractivity contribution in [2.24, 2.45) is 5.92 Å².